The molecule has 2 rings (SSSR count). The lowest BCUT2D eigenvalue weighted by atomic mass is 9.77. The summed E-state index contributed by atoms with van der Waals surface area (Å²) in [4.78, 5) is 0. The molecule has 0 bridgehead atoms. The molecule has 0 radical (unpaired) electrons. The van der Waals surface area contributed by atoms with E-state index in [2.05, 4.69) is 41.1 Å². The van der Waals surface area contributed by atoms with E-state index in [4.69, 9.17) is 15.0 Å². The van der Waals surface area contributed by atoms with Gasteiger partial charge in [-0.05, 0) is 57.3 Å². The minimum Gasteiger partial charge on any atom is -0.400 e. The largest absolute Gasteiger partial charge is 0.491 e. The third kappa shape index (κ3) is 3.42. The minimum absolute atomic E-state index is 0.347. The van der Waals surface area contributed by atoms with Crippen molar-refractivity contribution in [1.82, 2.24) is 0 Å². The maximum atomic E-state index is 6.06. The van der Waals surface area contributed by atoms with Crippen LogP contribution in [0.3, 0.4) is 0 Å². The zero-order valence-corrected chi connectivity index (χ0v) is 15.0. The van der Waals surface area contributed by atoms with Crippen LogP contribution < -0.4 is 5.73 Å². The van der Waals surface area contributed by atoms with Crippen LogP contribution in [0.2, 0.25) is 0 Å². The van der Waals surface area contributed by atoms with Crippen molar-refractivity contribution in [3.8, 4) is 0 Å². The number of aryl methyl sites for hydroxylation is 1. The number of rotatable bonds is 3. The Kier molecular flexibility index (Phi) is 4.69. The first-order valence-electron chi connectivity index (χ1n) is 7.18. The molecule has 21 heavy (non-hydrogen) atoms. The fourth-order valence-corrected chi connectivity index (χ4v) is 2.53. The average Bonchev–Trinajstić information content (AvgIpc) is 2.59. The maximum absolute atomic E-state index is 6.06. The van der Waals surface area contributed by atoms with Gasteiger partial charge in [0.05, 0.1) is 11.2 Å². The summed E-state index contributed by atoms with van der Waals surface area (Å²) in [5.74, 6) is 0. The zero-order chi connectivity index (χ0) is 15.8. The molecule has 0 aliphatic carbocycles. The third-order valence-corrected chi connectivity index (χ3v) is 5.19. The highest BCUT2D eigenvalue weighted by atomic mass is 79.9. The van der Waals surface area contributed by atoms with Crippen molar-refractivity contribution < 1.29 is 9.31 Å². The Morgan fingerprint density at radius 1 is 1.24 bits per heavy atom. The Balaban J connectivity index is 2.28. The van der Waals surface area contributed by atoms with Crippen molar-refractivity contribution in [2.75, 3.05) is 6.54 Å². The summed E-state index contributed by atoms with van der Waals surface area (Å²) in [5.41, 5.74) is 8.45. The van der Waals surface area contributed by atoms with Gasteiger partial charge in [-0.25, -0.2) is 0 Å². The Morgan fingerprint density at radius 2 is 1.81 bits per heavy atom. The summed E-state index contributed by atoms with van der Waals surface area (Å²) in [6.45, 7) is 10.7. The van der Waals surface area contributed by atoms with Crippen molar-refractivity contribution in [3.05, 3.63) is 39.3 Å². The molecule has 0 unspecified atom stereocenters. The smallest absolute Gasteiger partial charge is 0.400 e. The van der Waals surface area contributed by atoms with Crippen LogP contribution in [0.1, 0.15) is 38.8 Å². The highest BCUT2D eigenvalue weighted by molar-refractivity contribution is 9.10. The Labute approximate surface area is 136 Å². The molecule has 1 aromatic rings. The van der Waals surface area contributed by atoms with Gasteiger partial charge < -0.3 is 15.0 Å². The summed E-state index contributed by atoms with van der Waals surface area (Å²) < 4.78 is 13.2. The fraction of sp³-hybridized carbons (Fsp3) is 0.500. The fourth-order valence-electron chi connectivity index (χ4n) is 2.13. The van der Waals surface area contributed by atoms with E-state index in [0.29, 0.717) is 6.54 Å². The molecule has 3 nitrogen and oxygen atoms in total. The molecule has 114 valence electrons. The molecule has 1 aliphatic rings. The van der Waals surface area contributed by atoms with Gasteiger partial charge in [0.25, 0.3) is 0 Å². The normalized spacial score (nSPS) is 20.9. The second-order valence-corrected chi connectivity index (χ2v) is 7.37. The lowest BCUT2D eigenvalue weighted by Crippen LogP contribution is -2.41. The van der Waals surface area contributed by atoms with Crippen molar-refractivity contribution in [1.29, 1.82) is 0 Å². The van der Waals surface area contributed by atoms with Gasteiger partial charge >= 0.3 is 7.12 Å². The van der Waals surface area contributed by atoms with Gasteiger partial charge in [0.15, 0.2) is 0 Å². The third-order valence-electron chi connectivity index (χ3n) is 4.34. The predicted octanol–water partition coefficient (Wildman–Crippen LogP) is 3.73. The molecule has 1 aromatic carbocycles. The molecule has 0 atom stereocenters. The van der Waals surface area contributed by atoms with Gasteiger partial charge in [-0.3, -0.25) is 0 Å². The average molecular weight is 352 g/mol. The lowest BCUT2D eigenvalue weighted by molar-refractivity contribution is 0.00578. The van der Waals surface area contributed by atoms with E-state index in [-0.39, 0.29) is 18.3 Å². The number of halogens is 1. The van der Waals surface area contributed by atoms with Gasteiger partial charge in [0.2, 0.25) is 0 Å². The molecule has 0 aromatic heterocycles. The van der Waals surface area contributed by atoms with E-state index >= 15 is 0 Å². The van der Waals surface area contributed by atoms with Gasteiger partial charge in [0, 0.05) is 11.0 Å². The molecule has 1 saturated heterocycles. The van der Waals surface area contributed by atoms with Crippen molar-refractivity contribution in [2.24, 2.45) is 5.73 Å². The van der Waals surface area contributed by atoms with Crippen LogP contribution in [0.15, 0.2) is 28.1 Å². The van der Waals surface area contributed by atoms with E-state index in [1.807, 2.05) is 33.8 Å². The highest BCUT2D eigenvalue weighted by Crippen LogP contribution is 2.38. The Hall–Kier alpha value is -0.615. The lowest BCUT2D eigenvalue weighted by Gasteiger charge is -2.32. The van der Waals surface area contributed by atoms with Crippen LogP contribution in [0.5, 0.6) is 0 Å². The molecule has 2 N–H and O–H groups in total. The predicted molar refractivity (Wildman–Crippen MR) is 92.0 cm³/mol. The van der Waals surface area contributed by atoms with Crippen LogP contribution in [-0.2, 0) is 9.31 Å². The van der Waals surface area contributed by atoms with E-state index in [1.165, 1.54) is 5.56 Å². The summed E-state index contributed by atoms with van der Waals surface area (Å²) >= 11 is 3.55. The number of hydrogen-bond donors (Lipinski definition) is 1. The molecule has 1 aliphatic heterocycles. The first kappa shape index (κ1) is 16.8. The first-order chi connectivity index (χ1) is 9.66. The second kappa shape index (κ2) is 5.88. The summed E-state index contributed by atoms with van der Waals surface area (Å²) in [7, 11) is -0.389. The van der Waals surface area contributed by atoms with Gasteiger partial charge in [-0.1, -0.05) is 34.1 Å². The summed E-state index contributed by atoms with van der Waals surface area (Å²) in [6.07, 6.45) is 2.05. The zero-order valence-electron chi connectivity index (χ0n) is 13.4. The maximum Gasteiger partial charge on any atom is 0.491 e. The number of nitrogens with two attached hydrogens (primary N) is 1. The molecule has 1 fully saturated rings. The molecule has 0 saturated carbocycles. The van der Waals surface area contributed by atoms with Crippen molar-refractivity contribution in [2.45, 2.75) is 45.8 Å². The monoisotopic (exact) mass is 351 g/mol. The SMILES string of the molecule is Cc1ccc(C=C(CN)B2OC(C)(C)C(C)(C)O2)cc1Br. The van der Waals surface area contributed by atoms with Crippen LogP contribution in [0, 0.1) is 6.92 Å². The second-order valence-electron chi connectivity index (χ2n) is 6.52. The Bertz CT molecular complexity index is 553. The van der Waals surface area contributed by atoms with Crippen LogP contribution >= 0.6 is 15.9 Å². The summed E-state index contributed by atoms with van der Waals surface area (Å²) in [6, 6.07) is 6.23. The topological polar surface area (TPSA) is 44.5 Å². The van der Waals surface area contributed by atoms with Crippen molar-refractivity contribution in [3.63, 3.8) is 0 Å². The van der Waals surface area contributed by atoms with E-state index in [1.54, 1.807) is 0 Å². The van der Waals surface area contributed by atoms with Gasteiger partial charge in [0.1, 0.15) is 0 Å². The van der Waals surface area contributed by atoms with E-state index in [9.17, 15) is 0 Å². The summed E-state index contributed by atoms with van der Waals surface area (Å²) in [5, 5.41) is 0. The van der Waals surface area contributed by atoms with Crippen LogP contribution in [-0.4, -0.2) is 24.9 Å². The van der Waals surface area contributed by atoms with E-state index < -0.39 is 0 Å². The Morgan fingerprint density at radius 3 is 2.29 bits per heavy atom. The number of hydrogen-bond acceptors (Lipinski definition) is 3. The molecular formula is C16H23BBrNO2. The van der Waals surface area contributed by atoms with Crippen molar-refractivity contribution >= 4 is 29.1 Å². The first-order valence-corrected chi connectivity index (χ1v) is 7.98. The quantitative estimate of drug-likeness (QED) is 0.844. The van der Waals surface area contributed by atoms with Crippen LogP contribution in [0.4, 0.5) is 0 Å². The molecule has 1 heterocycles. The molecular weight excluding hydrogens is 329 g/mol. The van der Waals surface area contributed by atoms with Gasteiger partial charge in [-0.2, -0.15) is 0 Å². The molecule has 5 heteroatoms. The molecule has 0 spiro atoms. The minimum atomic E-state index is -0.389. The number of benzene rings is 1. The van der Waals surface area contributed by atoms with Gasteiger partial charge in [-0.15, -0.1) is 0 Å². The molecule has 0 amide bonds. The van der Waals surface area contributed by atoms with E-state index in [0.717, 1.165) is 15.5 Å². The van der Waals surface area contributed by atoms with Crippen LogP contribution in [0.25, 0.3) is 6.08 Å². The highest BCUT2D eigenvalue weighted by Gasteiger charge is 2.52. The standard InChI is InChI=1S/C16H23BBrNO2/c1-11-6-7-12(9-14(11)18)8-13(10-19)17-20-15(2,3)16(4,5)21-17/h6-9H,10,19H2,1-5H3.